The van der Waals surface area contributed by atoms with E-state index in [0.717, 1.165) is 57.0 Å². The van der Waals surface area contributed by atoms with Crippen LogP contribution in [0.4, 0.5) is 10.1 Å². The number of anilines is 1. The third-order valence-electron chi connectivity index (χ3n) is 5.11. The summed E-state index contributed by atoms with van der Waals surface area (Å²) in [5, 5.41) is 8.72. The fraction of sp³-hybridized carbons (Fsp3) is 0.500. The summed E-state index contributed by atoms with van der Waals surface area (Å²) in [6.07, 6.45) is 4.19. The van der Waals surface area contributed by atoms with Crippen LogP contribution in [-0.4, -0.2) is 33.6 Å². The van der Waals surface area contributed by atoms with E-state index in [4.69, 9.17) is 0 Å². The van der Waals surface area contributed by atoms with Crippen molar-refractivity contribution in [2.24, 2.45) is 0 Å². The molecule has 6 heteroatoms. The molecule has 1 atom stereocenters. The molecule has 1 aromatic carbocycles. The number of aromatic nitrogens is 3. The normalized spacial score (nSPS) is 20.2. The minimum atomic E-state index is -0.439. The van der Waals surface area contributed by atoms with Gasteiger partial charge in [0.1, 0.15) is 17.5 Å². The molecule has 0 saturated carbocycles. The smallest absolute Gasteiger partial charge is 0.164 e. The molecule has 0 amide bonds. The molecule has 0 aliphatic carbocycles. The van der Waals surface area contributed by atoms with Crippen molar-refractivity contribution in [2.45, 2.75) is 45.1 Å². The van der Waals surface area contributed by atoms with Crippen LogP contribution in [0.15, 0.2) is 18.2 Å². The molecule has 1 saturated heterocycles. The molecule has 24 heavy (non-hydrogen) atoms. The highest BCUT2D eigenvalue weighted by Gasteiger charge is 2.30. The zero-order valence-corrected chi connectivity index (χ0v) is 13.8. The molecule has 0 N–H and O–H groups in total. The highest BCUT2D eigenvalue weighted by molar-refractivity contribution is 6.00. The van der Waals surface area contributed by atoms with Crippen LogP contribution < -0.4 is 4.90 Å². The maximum atomic E-state index is 14.1. The molecule has 2 aliphatic heterocycles. The van der Waals surface area contributed by atoms with Gasteiger partial charge in [0, 0.05) is 32.0 Å². The summed E-state index contributed by atoms with van der Waals surface area (Å²) < 4.78 is 16.4. The third kappa shape index (κ3) is 2.50. The highest BCUT2D eigenvalue weighted by atomic mass is 19.1. The third-order valence-corrected chi connectivity index (χ3v) is 5.11. The molecule has 1 fully saturated rings. The number of hydrogen-bond donors (Lipinski definition) is 0. The van der Waals surface area contributed by atoms with E-state index in [1.165, 1.54) is 13.0 Å². The van der Waals surface area contributed by atoms with Crippen molar-refractivity contribution in [1.29, 1.82) is 0 Å². The lowest BCUT2D eigenvalue weighted by Crippen LogP contribution is -2.36. The van der Waals surface area contributed by atoms with Crippen LogP contribution in [0.1, 0.15) is 54.1 Å². The highest BCUT2D eigenvalue weighted by Crippen LogP contribution is 2.33. The van der Waals surface area contributed by atoms with Gasteiger partial charge >= 0.3 is 0 Å². The summed E-state index contributed by atoms with van der Waals surface area (Å²) in [7, 11) is 0. The number of Topliss-reactive ketones (excluding diaryl/α,β-unsaturated/α-hetero) is 1. The summed E-state index contributed by atoms with van der Waals surface area (Å²) in [5.41, 5.74) is 0.901. The van der Waals surface area contributed by atoms with Crippen molar-refractivity contribution >= 4 is 11.5 Å². The van der Waals surface area contributed by atoms with Crippen LogP contribution in [0, 0.1) is 5.82 Å². The number of nitrogens with zero attached hydrogens (tertiary/aromatic N) is 4. The molecule has 3 heterocycles. The van der Waals surface area contributed by atoms with Gasteiger partial charge in [0.15, 0.2) is 5.78 Å². The summed E-state index contributed by atoms with van der Waals surface area (Å²) in [6, 6.07) is 4.87. The number of benzene rings is 1. The first-order valence-electron chi connectivity index (χ1n) is 8.61. The zero-order valence-electron chi connectivity index (χ0n) is 13.8. The van der Waals surface area contributed by atoms with Crippen molar-refractivity contribution in [1.82, 2.24) is 14.8 Å². The number of piperidine rings is 1. The lowest BCUT2D eigenvalue weighted by molar-refractivity contribution is 0.101. The van der Waals surface area contributed by atoms with E-state index in [1.54, 1.807) is 6.07 Å². The van der Waals surface area contributed by atoms with Gasteiger partial charge in [0.05, 0.1) is 11.3 Å². The van der Waals surface area contributed by atoms with Crippen LogP contribution in [0.3, 0.4) is 0 Å². The SMILES string of the molecule is CC(=O)c1c(F)cccc1N1CCCC(c2nnc3n2CCC3)C1. The van der Waals surface area contributed by atoms with Gasteiger partial charge in [-0.1, -0.05) is 6.07 Å². The van der Waals surface area contributed by atoms with Gasteiger partial charge in [-0.05, 0) is 38.3 Å². The number of carbonyl (C=O) groups is 1. The van der Waals surface area contributed by atoms with E-state index < -0.39 is 5.82 Å². The Labute approximate surface area is 140 Å². The Bertz CT molecular complexity index is 785. The van der Waals surface area contributed by atoms with E-state index in [0.29, 0.717) is 5.69 Å². The van der Waals surface area contributed by atoms with Crippen molar-refractivity contribution in [3.05, 3.63) is 41.2 Å². The van der Waals surface area contributed by atoms with Gasteiger partial charge in [-0.25, -0.2) is 4.39 Å². The Morgan fingerprint density at radius 1 is 1.25 bits per heavy atom. The molecular formula is C18H21FN4O. The van der Waals surface area contributed by atoms with E-state index in [1.807, 2.05) is 6.07 Å². The lowest BCUT2D eigenvalue weighted by atomic mass is 9.95. The van der Waals surface area contributed by atoms with Crippen LogP contribution in [-0.2, 0) is 13.0 Å². The maximum absolute atomic E-state index is 14.1. The molecule has 2 aliphatic rings. The molecule has 0 spiro atoms. The first kappa shape index (κ1) is 15.3. The summed E-state index contributed by atoms with van der Waals surface area (Å²) in [4.78, 5) is 14.0. The van der Waals surface area contributed by atoms with Gasteiger partial charge in [0.25, 0.3) is 0 Å². The van der Waals surface area contributed by atoms with Gasteiger partial charge in [-0.15, -0.1) is 10.2 Å². The molecule has 1 aromatic heterocycles. The Hall–Kier alpha value is -2.24. The van der Waals surface area contributed by atoms with Crippen LogP contribution in [0.2, 0.25) is 0 Å². The average Bonchev–Trinajstić information content (AvgIpc) is 3.17. The summed E-state index contributed by atoms with van der Waals surface area (Å²) in [6.45, 7) is 4.00. The number of fused-ring (bicyclic) bond motifs is 1. The largest absolute Gasteiger partial charge is 0.370 e. The molecule has 5 nitrogen and oxygen atoms in total. The number of aryl methyl sites for hydroxylation is 1. The van der Waals surface area contributed by atoms with Gasteiger partial charge in [-0.3, -0.25) is 4.79 Å². The van der Waals surface area contributed by atoms with Gasteiger partial charge in [-0.2, -0.15) is 0 Å². The molecule has 1 unspecified atom stereocenters. The number of carbonyl (C=O) groups excluding carboxylic acids is 1. The van der Waals surface area contributed by atoms with E-state index >= 15 is 0 Å². The second kappa shape index (κ2) is 6.00. The predicted molar refractivity (Wildman–Crippen MR) is 88.9 cm³/mol. The second-order valence-electron chi connectivity index (χ2n) is 6.70. The number of halogens is 1. The molecule has 4 rings (SSSR count). The fourth-order valence-corrected chi connectivity index (χ4v) is 4.01. The van der Waals surface area contributed by atoms with Crippen LogP contribution >= 0.6 is 0 Å². The van der Waals surface area contributed by atoms with Gasteiger partial charge < -0.3 is 9.47 Å². The van der Waals surface area contributed by atoms with E-state index in [-0.39, 0.29) is 17.3 Å². The minimum Gasteiger partial charge on any atom is -0.370 e. The first-order valence-corrected chi connectivity index (χ1v) is 8.61. The number of hydrogen-bond acceptors (Lipinski definition) is 4. The van der Waals surface area contributed by atoms with Crippen molar-refractivity contribution in [2.75, 3.05) is 18.0 Å². The second-order valence-corrected chi connectivity index (χ2v) is 6.70. The van der Waals surface area contributed by atoms with Crippen LogP contribution in [0.25, 0.3) is 0 Å². The molecule has 0 bridgehead atoms. The Kier molecular flexibility index (Phi) is 3.82. The average molecular weight is 328 g/mol. The maximum Gasteiger partial charge on any atom is 0.164 e. The first-order chi connectivity index (χ1) is 11.6. The monoisotopic (exact) mass is 328 g/mol. The lowest BCUT2D eigenvalue weighted by Gasteiger charge is -2.35. The molecule has 2 aromatic rings. The number of ketones is 1. The Balaban J connectivity index is 1.64. The quantitative estimate of drug-likeness (QED) is 0.813. The molecule has 126 valence electrons. The van der Waals surface area contributed by atoms with E-state index in [9.17, 15) is 9.18 Å². The molecular weight excluding hydrogens is 307 g/mol. The zero-order chi connectivity index (χ0) is 16.7. The Morgan fingerprint density at radius 3 is 2.96 bits per heavy atom. The summed E-state index contributed by atoms with van der Waals surface area (Å²) in [5.74, 6) is 1.74. The summed E-state index contributed by atoms with van der Waals surface area (Å²) >= 11 is 0. The fourth-order valence-electron chi connectivity index (χ4n) is 4.01. The molecule has 0 radical (unpaired) electrons. The predicted octanol–water partition coefficient (Wildman–Crippen LogP) is 2.95. The standard InChI is InChI=1S/C18H21FN4O/c1-12(24)17-14(19)6-2-7-15(17)22-9-3-5-13(11-22)18-21-20-16-8-4-10-23(16)18/h2,6-7,13H,3-5,8-11H2,1H3. The minimum absolute atomic E-state index is 0.199. The number of rotatable bonds is 3. The van der Waals surface area contributed by atoms with Gasteiger partial charge in [0.2, 0.25) is 0 Å². The van der Waals surface area contributed by atoms with Crippen molar-refractivity contribution < 1.29 is 9.18 Å². The Morgan fingerprint density at radius 2 is 2.12 bits per heavy atom. The van der Waals surface area contributed by atoms with Crippen molar-refractivity contribution in [3.63, 3.8) is 0 Å². The topological polar surface area (TPSA) is 51.0 Å². The van der Waals surface area contributed by atoms with Crippen molar-refractivity contribution in [3.8, 4) is 0 Å². The van der Waals surface area contributed by atoms with Crippen LogP contribution in [0.5, 0.6) is 0 Å². The van der Waals surface area contributed by atoms with E-state index in [2.05, 4.69) is 19.7 Å².